The predicted octanol–water partition coefficient (Wildman–Crippen LogP) is 0.757. The predicted molar refractivity (Wildman–Crippen MR) is 81.9 cm³/mol. The number of amides is 1. The summed E-state index contributed by atoms with van der Waals surface area (Å²) in [5.74, 6) is -0.603. The number of rotatable bonds is 7. The van der Waals surface area contributed by atoms with Gasteiger partial charge in [0.1, 0.15) is 6.04 Å². The molecule has 1 fully saturated rings. The van der Waals surface area contributed by atoms with Crippen LogP contribution in [-0.2, 0) is 9.59 Å². The fraction of sp³-hybridized carbons (Fsp3) is 0.867. The molecule has 0 saturated carbocycles. The van der Waals surface area contributed by atoms with E-state index in [0.717, 1.165) is 19.3 Å². The molecular formula is C15H29N3O3. The quantitative estimate of drug-likeness (QED) is 0.724. The fourth-order valence-electron chi connectivity index (χ4n) is 2.67. The highest BCUT2D eigenvalue weighted by Gasteiger charge is 2.28. The maximum atomic E-state index is 12.3. The zero-order valence-electron chi connectivity index (χ0n) is 13.4. The smallest absolute Gasteiger partial charge is 0.320 e. The van der Waals surface area contributed by atoms with Gasteiger partial charge in [-0.25, -0.2) is 0 Å². The summed E-state index contributed by atoms with van der Waals surface area (Å²) >= 11 is 0. The summed E-state index contributed by atoms with van der Waals surface area (Å²) in [4.78, 5) is 27.1. The first-order valence-electron chi connectivity index (χ1n) is 7.84. The molecule has 6 nitrogen and oxygen atoms in total. The molecule has 0 aliphatic carbocycles. The molecule has 122 valence electrons. The van der Waals surface area contributed by atoms with Gasteiger partial charge in [-0.1, -0.05) is 13.3 Å². The van der Waals surface area contributed by atoms with Gasteiger partial charge in [-0.2, -0.15) is 0 Å². The van der Waals surface area contributed by atoms with Gasteiger partial charge in [0.05, 0.1) is 0 Å². The van der Waals surface area contributed by atoms with E-state index in [1.807, 2.05) is 23.6 Å². The van der Waals surface area contributed by atoms with Crippen molar-refractivity contribution in [3.63, 3.8) is 0 Å². The van der Waals surface area contributed by atoms with Gasteiger partial charge in [0.15, 0.2) is 0 Å². The number of carbonyl (C=O) groups is 2. The molecule has 3 atom stereocenters. The normalized spacial score (nSPS) is 20.9. The van der Waals surface area contributed by atoms with E-state index in [-0.39, 0.29) is 17.9 Å². The Bertz CT molecular complexity index is 352. The fourth-order valence-corrected chi connectivity index (χ4v) is 2.67. The largest absolute Gasteiger partial charge is 0.480 e. The van der Waals surface area contributed by atoms with E-state index in [4.69, 9.17) is 10.8 Å². The average Bonchev–Trinajstić information content (AvgIpc) is 2.45. The number of nitrogens with zero attached hydrogens (tertiary/aromatic N) is 2. The summed E-state index contributed by atoms with van der Waals surface area (Å²) in [6.07, 6.45) is 2.79. The van der Waals surface area contributed by atoms with Gasteiger partial charge in [0.2, 0.25) is 5.91 Å². The zero-order chi connectivity index (χ0) is 16.0. The van der Waals surface area contributed by atoms with Gasteiger partial charge in [-0.05, 0) is 26.7 Å². The Balaban J connectivity index is 2.35. The van der Waals surface area contributed by atoms with Crippen molar-refractivity contribution in [2.24, 2.45) is 11.7 Å². The molecule has 1 saturated heterocycles. The monoisotopic (exact) mass is 299 g/mol. The molecule has 3 unspecified atom stereocenters. The molecule has 1 aliphatic heterocycles. The first-order valence-corrected chi connectivity index (χ1v) is 7.84. The Morgan fingerprint density at radius 1 is 1.10 bits per heavy atom. The first-order chi connectivity index (χ1) is 9.82. The molecule has 0 spiro atoms. The number of carboxylic acids is 1. The molecule has 1 amide bonds. The number of carboxylic acid groups (broad SMARTS) is 1. The molecule has 21 heavy (non-hydrogen) atoms. The van der Waals surface area contributed by atoms with Crippen LogP contribution >= 0.6 is 0 Å². The maximum absolute atomic E-state index is 12.3. The van der Waals surface area contributed by atoms with Gasteiger partial charge in [-0.3, -0.25) is 14.5 Å². The Hall–Kier alpha value is -1.14. The van der Waals surface area contributed by atoms with Crippen molar-refractivity contribution < 1.29 is 14.7 Å². The van der Waals surface area contributed by atoms with Crippen LogP contribution in [0.1, 0.15) is 40.0 Å². The number of aliphatic carboxylic acids is 1. The van der Waals surface area contributed by atoms with Gasteiger partial charge in [0.25, 0.3) is 0 Å². The topological polar surface area (TPSA) is 86.9 Å². The van der Waals surface area contributed by atoms with E-state index in [1.54, 1.807) is 6.92 Å². The lowest BCUT2D eigenvalue weighted by atomic mass is 10.0. The van der Waals surface area contributed by atoms with Gasteiger partial charge >= 0.3 is 5.97 Å². The van der Waals surface area contributed by atoms with E-state index in [9.17, 15) is 9.59 Å². The standard InChI is InChI=1S/C15H29N3O3/c1-11(5-4-6-12(2)16)14(19)18-9-7-17(8-10-18)13(3)15(20)21/h11-13H,4-10,16H2,1-3H3,(H,20,21). The Morgan fingerprint density at radius 3 is 2.14 bits per heavy atom. The van der Waals surface area contributed by atoms with Crippen LogP contribution in [0, 0.1) is 5.92 Å². The molecule has 6 heteroatoms. The molecule has 3 N–H and O–H groups in total. The number of hydrogen-bond donors (Lipinski definition) is 2. The van der Waals surface area contributed by atoms with Crippen LogP contribution in [0.25, 0.3) is 0 Å². The molecular weight excluding hydrogens is 270 g/mol. The van der Waals surface area contributed by atoms with Crippen molar-refractivity contribution in [2.75, 3.05) is 26.2 Å². The van der Waals surface area contributed by atoms with E-state index in [0.29, 0.717) is 26.2 Å². The molecule has 0 bridgehead atoms. The van der Waals surface area contributed by atoms with E-state index in [2.05, 4.69) is 0 Å². The Labute approximate surface area is 127 Å². The SMILES string of the molecule is CC(N)CCCC(C)C(=O)N1CCN(C(C)C(=O)O)CC1. The molecule has 1 rings (SSSR count). The first kappa shape index (κ1) is 17.9. The van der Waals surface area contributed by atoms with Crippen molar-refractivity contribution in [1.29, 1.82) is 0 Å². The molecule has 0 aromatic heterocycles. The Morgan fingerprint density at radius 2 is 1.67 bits per heavy atom. The number of nitrogens with two attached hydrogens (primary N) is 1. The van der Waals surface area contributed by atoms with Crippen molar-refractivity contribution in [3.8, 4) is 0 Å². The average molecular weight is 299 g/mol. The van der Waals surface area contributed by atoms with Crippen LogP contribution in [0.15, 0.2) is 0 Å². The van der Waals surface area contributed by atoms with Crippen LogP contribution < -0.4 is 5.73 Å². The van der Waals surface area contributed by atoms with Gasteiger partial charge < -0.3 is 15.7 Å². The Kier molecular flexibility index (Phi) is 7.11. The second kappa shape index (κ2) is 8.34. The molecule has 0 aromatic rings. The third kappa shape index (κ3) is 5.63. The lowest BCUT2D eigenvalue weighted by molar-refractivity contribution is -0.144. The van der Waals surface area contributed by atoms with Gasteiger partial charge in [0, 0.05) is 38.1 Å². The number of carbonyl (C=O) groups excluding carboxylic acids is 1. The minimum absolute atomic E-state index is 0.0206. The van der Waals surface area contributed by atoms with Crippen molar-refractivity contribution >= 4 is 11.9 Å². The van der Waals surface area contributed by atoms with Crippen LogP contribution in [0.3, 0.4) is 0 Å². The summed E-state index contributed by atoms with van der Waals surface area (Å²) in [7, 11) is 0. The number of hydrogen-bond acceptors (Lipinski definition) is 4. The second-order valence-electron chi connectivity index (χ2n) is 6.18. The summed E-state index contributed by atoms with van der Waals surface area (Å²) < 4.78 is 0. The van der Waals surface area contributed by atoms with Crippen LogP contribution in [0.4, 0.5) is 0 Å². The third-order valence-electron chi connectivity index (χ3n) is 4.25. The minimum atomic E-state index is -0.806. The third-order valence-corrected chi connectivity index (χ3v) is 4.25. The van der Waals surface area contributed by atoms with Crippen LogP contribution in [0.5, 0.6) is 0 Å². The van der Waals surface area contributed by atoms with E-state index in [1.165, 1.54) is 0 Å². The maximum Gasteiger partial charge on any atom is 0.320 e. The van der Waals surface area contributed by atoms with Crippen molar-refractivity contribution in [1.82, 2.24) is 9.80 Å². The highest BCUT2D eigenvalue weighted by Crippen LogP contribution is 2.15. The van der Waals surface area contributed by atoms with Crippen LogP contribution in [-0.4, -0.2) is 65.0 Å². The summed E-state index contributed by atoms with van der Waals surface area (Å²) in [5.41, 5.74) is 5.72. The van der Waals surface area contributed by atoms with Crippen LogP contribution in [0.2, 0.25) is 0 Å². The highest BCUT2D eigenvalue weighted by atomic mass is 16.4. The van der Waals surface area contributed by atoms with Crippen molar-refractivity contribution in [3.05, 3.63) is 0 Å². The highest BCUT2D eigenvalue weighted by molar-refractivity contribution is 5.78. The molecule has 1 heterocycles. The second-order valence-corrected chi connectivity index (χ2v) is 6.18. The zero-order valence-corrected chi connectivity index (χ0v) is 13.4. The minimum Gasteiger partial charge on any atom is -0.480 e. The summed E-state index contributed by atoms with van der Waals surface area (Å²) in [6.45, 7) is 8.14. The van der Waals surface area contributed by atoms with E-state index < -0.39 is 12.0 Å². The molecule has 1 aliphatic rings. The van der Waals surface area contributed by atoms with E-state index >= 15 is 0 Å². The lowest BCUT2D eigenvalue weighted by Gasteiger charge is -2.37. The summed E-state index contributed by atoms with van der Waals surface area (Å²) in [6, 6.07) is -0.293. The molecule has 0 radical (unpaired) electrons. The number of piperazine rings is 1. The lowest BCUT2D eigenvalue weighted by Crippen LogP contribution is -2.54. The summed E-state index contributed by atoms with van der Waals surface area (Å²) in [5, 5.41) is 9.01. The molecule has 0 aromatic carbocycles. The van der Waals surface area contributed by atoms with Crippen molar-refractivity contribution in [2.45, 2.75) is 52.1 Å². The van der Waals surface area contributed by atoms with Gasteiger partial charge in [-0.15, -0.1) is 0 Å².